The second-order valence-electron chi connectivity index (χ2n) is 7.50. The van der Waals surface area contributed by atoms with Crippen molar-refractivity contribution in [3.8, 4) is 0 Å². The Labute approximate surface area is 154 Å². The average Bonchev–Trinajstić information content (AvgIpc) is 2.84. The van der Waals surface area contributed by atoms with Crippen LogP contribution in [0.5, 0.6) is 0 Å². The van der Waals surface area contributed by atoms with Crippen LogP contribution in [-0.2, 0) is 25.8 Å². The molecule has 1 aromatic rings. The normalized spacial score (nSPS) is 20.2. The Hall–Kier alpha value is -2.09. The van der Waals surface area contributed by atoms with Crippen LogP contribution in [0.25, 0.3) is 0 Å². The number of carbonyl (C=O) groups is 2. The highest BCUT2D eigenvalue weighted by molar-refractivity contribution is 7.91. The average molecular weight is 382 g/mol. The molecule has 1 saturated heterocycles. The number of hydrogen-bond acceptors (Lipinski definition) is 5. The van der Waals surface area contributed by atoms with Crippen LogP contribution in [0.2, 0.25) is 0 Å². The Balaban J connectivity index is 2.06. The maximum absolute atomic E-state index is 12.6. The van der Waals surface area contributed by atoms with Crippen LogP contribution in [-0.4, -0.2) is 49.6 Å². The van der Waals surface area contributed by atoms with Gasteiger partial charge in [-0.2, -0.15) is 0 Å². The predicted octanol–water partition coefficient (Wildman–Crippen LogP) is 1.43. The van der Waals surface area contributed by atoms with E-state index in [0.717, 1.165) is 5.56 Å². The molecule has 8 heteroatoms. The molecule has 2 amide bonds. The molecular weight excluding hydrogens is 356 g/mol. The Morgan fingerprint density at radius 1 is 1.23 bits per heavy atom. The predicted molar refractivity (Wildman–Crippen MR) is 98.5 cm³/mol. The van der Waals surface area contributed by atoms with Crippen LogP contribution < -0.4 is 10.6 Å². The molecule has 0 bridgehead atoms. The summed E-state index contributed by atoms with van der Waals surface area (Å²) >= 11 is 0. The molecule has 0 radical (unpaired) electrons. The van der Waals surface area contributed by atoms with E-state index in [2.05, 4.69) is 10.6 Å². The maximum atomic E-state index is 12.6. The van der Waals surface area contributed by atoms with E-state index >= 15 is 0 Å². The van der Waals surface area contributed by atoms with Crippen LogP contribution in [0, 0.1) is 0 Å². The molecule has 1 fully saturated rings. The lowest BCUT2D eigenvalue weighted by molar-refractivity contribution is -0.123. The molecule has 0 unspecified atom stereocenters. The van der Waals surface area contributed by atoms with E-state index in [9.17, 15) is 18.0 Å². The summed E-state index contributed by atoms with van der Waals surface area (Å²) in [5.41, 5.74) is 0.194. The molecule has 0 saturated carbocycles. The van der Waals surface area contributed by atoms with E-state index in [4.69, 9.17) is 4.74 Å². The third kappa shape index (κ3) is 6.67. The molecule has 26 heavy (non-hydrogen) atoms. The first-order chi connectivity index (χ1) is 12.0. The fraction of sp³-hybridized carbons (Fsp3) is 0.556. The van der Waals surface area contributed by atoms with Crippen molar-refractivity contribution in [2.24, 2.45) is 0 Å². The first kappa shape index (κ1) is 20.2. The highest BCUT2D eigenvalue weighted by atomic mass is 32.2. The number of nitrogens with one attached hydrogen (secondary N) is 2. The van der Waals surface area contributed by atoms with Crippen LogP contribution >= 0.6 is 0 Å². The van der Waals surface area contributed by atoms with Crippen molar-refractivity contribution in [2.75, 3.05) is 11.5 Å². The molecule has 1 aromatic carbocycles. The summed E-state index contributed by atoms with van der Waals surface area (Å²) in [6, 6.07) is 8.00. The first-order valence-electron chi connectivity index (χ1n) is 8.58. The van der Waals surface area contributed by atoms with Crippen LogP contribution in [0.4, 0.5) is 4.79 Å². The summed E-state index contributed by atoms with van der Waals surface area (Å²) in [7, 11) is -3.10. The Morgan fingerprint density at radius 3 is 2.42 bits per heavy atom. The van der Waals surface area contributed by atoms with Crippen molar-refractivity contribution in [1.29, 1.82) is 0 Å². The number of sulfone groups is 1. The quantitative estimate of drug-likeness (QED) is 0.802. The number of amides is 2. The zero-order valence-electron chi connectivity index (χ0n) is 15.3. The molecule has 0 aromatic heterocycles. The number of carbonyl (C=O) groups excluding carboxylic acids is 2. The van der Waals surface area contributed by atoms with Gasteiger partial charge in [-0.25, -0.2) is 13.2 Å². The summed E-state index contributed by atoms with van der Waals surface area (Å²) < 4.78 is 28.4. The largest absolute Gasteiger partial charge is 0.444 e. The Kier molecular flexibility index (Phi) is 6.28. The fourth-order valence-electron chi connectivity index (χ4n) is 2.72. The molecular formula is C18H26N2O5S. The van der Waals surface area contributed by atoms with Gasteiger partial charge in [-0.15, -0.1) is 0 Å². The molecule has 2 N–H and O–H groups in total. The number of alkyl carbamates (subject to hydrolysis) is 1. The molecule has 1 heterocycles. The van der Waals surface area contributed by atoms with Gasteiger partial charge in [-0.3, -0.25) is 4.79 Å². The SMILES string of the molecule is CC(C)(C)OC(=O)N[C@H](Cc1ccccc1)C(=O)N[C@H]1CCS(=O)(=O)C1. The van der Waals surface area contributed by atoms with E-state index in [0.29, 0.717) is 6.42 Å². The lowest BCUT2D eigenvalue weighted by atomic mass is 10.0. The molecule has 1 aliphatic heterocycles. The van der Waals surface area contributed by atoms with Gasteiger partial charge in [0.05, 0.1) is 11.5 Å². The monoisotopic (exact) mass is 382 g/mol. The highest BCUT2D eigenvalue weighted by Gasteiger charge is 2.32. The van der Waals surface area contributed by atoms with Gasteiger partial charge in [0.15, 0.2) is 9.84 Å². The second kappa shape index (κ2) is 8.07. The van der Waals surface area contributed by atoms with Gasteiger partial charge in [0.1, 0.15) is 11.6 Å². The maximum Gasteiger partial charge on any atom is 0.408 e. The summed E-state index contributed by atoms with van der Waals surface area (Å²) in [5.74, 6) is -0.411. The van der Waals surface area contributed by atoms with Crippen LogP contribution in [0.1, 0.15) is 32.8 Å². The van der Waals surface area contributed by atoms with E-state index in [1.807, 2.05) is 30.3 Å². The van der Waals surface area contributed by atoms with Gasteiger partial charge >= 0.3 is 6.09 Å². The van der Waals surface area contributed by atoms with Crippen molar-refractivity contribution in [3.05, 3.63) is 35.9 Å². The molecule has 2 rings (SSSR count). The highest BCUT2D eigenvalue weighted by Crippen LogP contribution is 2.13. The van der Waals surface area contributed by atoms with Gasteiger partial charge in [-0.05, 0) is 32.8 Å². The minimum Gasteiger partial charge on any atom is -0.444 e. The Morgan fingerprint density at radius 2 is 1.88 bits per heavy atom. The minimum absolute atomic E-state index is 0.0662. The lowest BCUT2D eigenvalue weighted by Crippen LogP contribution is -2.51. The zero-order chi connectivity index (χ0) is 19.4. The third-order valence-electron chi connectivity index (χ3n) is 3.87. The fourth-order valence-corrected chi connectivity index (χ4v) is 4.39. The summed E-state index contributed by atoms with van der Waals surface area (Å²) in [6.07, 6.45) is -0.0168. The molecule has 7 nitrogen and oxygen atoms in total. The van der Waals surface area contributed by atoms with Crippen molar-refractivity contribution < 1.29 is 22.7 Å². The van der Waals surface area contributed by atoms with Crippen molar-refractivity contribution >= 4 is 21.8 Å². The molecule has 0 aliphatic carbocycles. The summed E-state index contributed by atoms with van der Waals surface area (Å²) in [6.45, 7) is 5.22. The Bertz CT molecular complexity index is 741. The van der Waals surface area contributed by atoms with Crippen molar-refractivity contribution in [1.82, 2.24) is 10.6 Å². The van der Waals surface area contributed by atoms with Gasteiger partial charge < -0.3 is 15.4 Å². The van der Waals surface area contributed by atoms with Crippen LogP contribution in [0.15, 0.2) is 30.3 Å². The van der Waals surface area contributed by atoms with Crippen molar-refractivity contribution in [2.45, 2.75) is 51.3 Å². The summed E-state index contributed by atoms with van der Waals surface area (Å²) in [5, 5.41) is 5.33. The zero-order valence-corrected chi connectivity index (χ0v) is 16.1. The van der Waals surface area contributed by atoms with E-state index in [1.165, 1.54) is 0 Å². The number of ether oxygens (including phenoxy) is 1. The molecule has 2 atom stereocenters. The lowest BCUT2D eigenvalue weighted by Gasteiger charge is -2.24. The smallest absolute Gasteiger partial charge is 0.408 e. The topological polar surface area (TPSA) is 102 Å². The second-order valence-corrected chi connectivity index (χ2v) is 9.73. The van der Waals surface area contributed by atoms with Crippen LogP contribution in [0.3, 0.4) is 0 Å². The number of hydrogen-bond donors (Lipinski definition) is 2. The van der Waals surface area contributed by atoms with Crippen molar-refractivity contribution in [3.63, 3.8) is 0 Å². The summed E-state index contributed by atoms with van der Waals surface area (Å²) in [4.78, 5) is 24.7. The van der Waals surface area contributed by atoms with Gasteiger partial charge in [0.2, 0.25) is 5.91 Å². The minimum atomic E-state index is -3.10. The molecule has 144 valence electrons. The van der Waals surface area contributed by atoms with Gasteiger partial charge in [0.25, 0.3) is 0 Å². The number of rotatable bonds is 5. The van der Waals surface area contributed by atoms with Gasteiger partial charge in [-0.1, -0.05) is 30.3 Å². The molecule has 1 aliphatic rings. The molecule has 0 spiro atoms. The van der Waals surface area contributed by atoms with E-state index in [1.54, 1.807) is 20.8 Å². The third-order valence-corrected chi connectivity index (χ3v) is 5.64. The van der Waals surface area contributed by atoms with E-state index < -0.39 is 39.5 Å². The number of benzene rings is 1. The first-order valence-corrected chi connectivity index (χ1v) is 10.4. The van der Waals surface area contributed by atoms with Gasteiger partial charge in [0, 0.05) is 12.5 Å². The van der Waals surface area contributed by atoms with E-state index in [-0.39, 0.29) is 17.9 Å². The standard InChI is InChI=1S/C18H26N2O5S/c1-18(2,3)25-17(22)20-15(11-13-7-5-4-6-8-13)16(21)19-14-9-10-26(23,24)12-14/h4-8,14-15H,9-12H2,1-3H3,(H,19,21)(H,20,22)/t14-,15+/m0/s1.